The minimum atomic E-state index is -0.807. The maximum absolute atomic E-state index is 11.3. The lowest BCUT2D eigenvalue weighted by molar-refractivity contribution is -0.155. The molecule has 14 heavy (non-hydrogen) atoms. The third-order valence-corrected chi connectivity index (χ3v) is 2.09. The zero-order chi connectivity index (χ0) is 10.9. The number of carbonyl (C=O) groups is 2. The van der Waals surface area contributed by atoms with Crippen LogP contribution in [0.3, 0.4) is 0 Å². The van der Waals surface area contributed by atoms with E-state index in [1.165, 1.54) is 0 Å². The molecule has 0 amide bonds. The van der Waals surface area contributed by atoms with E-state index in [2.05, 4.69) is 0 Å². The van der Waals surface area contributed by atoms with E-state index in [0.29, 0.717) is 6.42 Å². The number of esters is 1. The summed E-state index contributed by atoms with van der Waals surface area (Å²) in [6, 6.07) is 0. The molecule has 0 unspecified atom stereocenters. The maximum atomic E-state index is 11.3. The van der Waals surface area contributed by atoms with Gasteiger partial charge in [-0.05, 0) is 33.1 Å². The highest BCUT2D eigenvalue weighted by Gasteiger charge is 2.44. The first-order chi connectivity index (χ1) is 6.29. The van der Waals surface area contributed by atoms with Gasteiger partial charge in [-0.3, -0.25) is 9.59 Å². The second-order valence-corrected chi connectivity index (χ2v) is 4.73. The fourth-order valence-corrected chi connectivity index (χ4v) is 1.37. The lowest BCUT2D eigenvalue weighted by atomic mass is 10.2. The molecule has 1 aliphatic rings. The van der Waals surface area contributed by atoms with Crippen LogP contribution in [0.4, 0.5) is 0 Å². The third kappa shape index (κ3) is 3.36. The summed E-state index contributed by atoms with van der Waals surface area (Å²) >= 11 is 0. The minimum Gasteiger partial charge on any atom is -0.481 e. The molecule has 0 saturated heterocycles. The van der Waals surface area contributed by atoms with Crippen LogP contribution in [-0.2, 0) is 14.3 Å². The SMILES string of the molecule is CC(C)(C)OC(=O)C[C@H]1C[C@H]1C(=O)O. The molecule has 1 rings (SSSR count). The Morgan fingerprint density at radius 1 is 1.43 bits per heavy atom. The number of rotatable bonds is 3. The Balaban J connectivity index is 2.27. The van der Waals surface area contributed by atoms with Crippen molar-refractivity contribution in [1.82, 2.24) is 0 Å². The lowest BCUT2D eigenvalue weighted by Crippen LogP contribution is -2.24. The predicted octanol–water partition coefficient (Wildman–Crippen LogP) is 1.44. The van der Waals surface area contributed by atoms with Gasteiger partial charge in [0, 0.05) is 6.42 Å². The van der Waals surface area contributed by atoms with Gasteiger partial charge >= 0.3 is 11.9 Å². The van der Waals surface area contributed by atoms with Crippen molar-refractivity contribution in [2.24, 2.45) is 11.8 Å². The van der Waals surface area contributed by atoms with Gasteiger partial charge in [0.25, 0.3) is 0 Å². The van der Waals surface area contributed by atoms with E-state index in [-0.39, 0.29) is 24.2 Å². The van der Waals surface area contributed by atoms with E-state index in [1.807, 2.05) is 0 Å². The summed E-state index contributed by atoms with van der Waals surface area (Å²) in [5.41, 5.74) is -0.481. The molecule has 0 spiro atoms. The molecule has 80 valence electrons. The van der Waals surface area contributed by atoms with Crippen LogP contribution in [0.1, 0.15) is 33.6 Å². The molecular formula is C10H16O4. The van der Waals surface area contributed by atoms with Gasteiger partial charge in [-0.15, -0.1) is 0 Å². The molecule has 2 atom stereocenters. The summed E-state index contributed by atoms with van der Waals surface area (Å²) in [5, 5.41) is 8.62. The van der Waals surface area contributed by atoms with E-state index in [1.54, 1.807) is 20.8 Å². The van der Waals surface area contributed by atoms with E-state index < -0.39 is 11.6 Å². The molecule has 1 saturated carbocycles. The summed E-state index contributed by atoms with van der Waals surface area (Å²) in [5.74, 6) is -1.45. The predicted molar refractivity (Wildman–Crippen MR) is 49.7 cm³/mol. The number of carboxylic acid groups (broad SMARTS) is 1. The first-order valence-electron chi connectivity index (χ1n) is 4.74. The Hall–Kier alpha value is -1.06. The summed E-state index contributed by atoms with van der Waals surface area (Å²) in [6.07, 6.45) is 0.836. The van der Waals surface area contributed by atoms with Crippen molar-refractivity contribution in [2.45, 2.75) is 39.2 Å². The molecule has 0 radical (unpaired) electrons. The van der Waals surface area contributed by atoms with Crippen molar-refractivity contribution in [2.75, 3.05) is 0 Å². The topological polar surface area (TPSA) is 63.6 Å². The van der Waals surface area contributed by atoms with Crippen LogP contribution in [0.5, 0.6) is 0 Å². The van der Waals surface area contributed by atoms with Crippen LogP contribution in [0.25, 0.3) is 0 Å². The monoisotopic (exact) mass is 200 g/mol. The second kappa shape index (κ2) is 3.59. The molecule has 0 aromatic rings. The number of hydrogen-bond acceptors (Lipinski definition) is 3. The van der Waals surface area contributed by atoms with E-state index in [9.17, 15) is 9.59 Å². The first kappa shape index (κ1) is 11.0. The van der Waals surface area contributed by atoms with Gasteiger partial charge in [-0.2, -0.15) is 0 Å². The lowest BCUT2D eigenvalue weighted by Gasteiger charge is -2.19. The number of ether oxygens (including phenoxy) is 1. The number of carbonyl (C=O) groups excluding carboxylic acids is 1. The summed E-state index contributed by atoms with van der Waals surface area (Å²) < 4.78 is 5.08. The van der Waals surface area contributed by atoms with Gasteiger partial charge in [0.15, 0.2) is 0 Å². The highest BCUT2D eigenvalue weighted by molar-refractivity contribution is 5.77. The summed E-state index contributed by atoms with van der Waals surface area (Å²) in [7, 11) is 0. The second-order valence-electron chi connectivity index (χ2n) is 4.73. The Kier molecular flexibility index (Phi) is 2.83. The molecule has 0 aromatic carbocycles. The van der Waals surface area contributed by atoms with Crippen molar-refractivity contribution >= 4 is 11.9 Å². The Bertz CT molecular complexity index is 251. The van der Waals surface area contributed by atoms with Crippen LogP contribution >= 0.6 is 0 Å². The molecule has 1 fully saturated rings. The molecule has 0 aromatic heterocycles. The van der Waals surface area contributed by atoms with Crippen molar-refractivity contribution in [1.29, 1.82) is 0 Å². The zero-order valence-electron chi connectivity index (χ0n) is 8.74. The number of hydrogen-bond donors (Lipinski definition) is 1. The molecular weight excluding hydrogens is 184 g/mol. The number of aliphatic carboxylic acids is 1. The van der Waals surface area contributed by atoms with Crippen LogP contribution in [0.2, 0.25) is 0 Å². The van der Waals surface area contributed by atoms with Crippen molar-refractivity contribution in [3.05, 3.63) is 0 Å². The molecule has 4 heteroatoms. The largest absolute Gasteiger partial charge is 0.481 e. The molecule has 1 aliphatic carbocycles. The van der Waals surface area contributed by atoms with Crippen molar-refractivity contribution in [3.8, 4) is 0 Å². The molecule has 1 N–H and O–H groups in total. The molecule has 0 aliphatic heterocycles. The van der Waals surface area contributed by atoms with Crippen LogP contribution < -0.4 is 0 Å². The van der Waals surface area contributed by atoms with E-state index >= 15 is 0 Å². The first-order valence-corrected chi connectivity index (χ1v) is 4.74. The Labute approximate surface area is 83.2 Å². The van der Waals surface area contributed by atoms with E-state index in [0.717, 1.165) is 0 Å². The highest BCUT2D eigenvalue weighted by Crippen LogP contribution is 2.41. The van der Waals surface area contributed by atoms with E-state index in [4.69, 9.17) is 9.84 Å². The van der Waals surface area contributed by atoms with Crippen molar-refractivity contribution in [3.63, 3.8) is 0 Å². The van der Waals surface area contributed by atoms with Crippen LogP contribution in [0, 0.1) is 11.8 Å². The fourth-order valence-electron chi connectivity index (χ4n) is 1.37. The average molecular weight is 200 g/mol. The van der Waals surface area contributed by atoms with Gasteiger partial charge in [0.1, 0.15) is 5.60 Å². The quantitative estimate of drug-likeness (QED) is 0.700. The molecule has 0 bridgehead atoms. The maximum Gasteiger partial charge on any atom is 0.306 e. The van der Waals surface area contributed by atoms with Gasteiger partial charge < -0.3 is 9.84 Å². The normalized spacial score (nSPS) is 25.6. The standard InChI is InChI=1S/C10H16O4/c1-10(2,3)14-8(11)5-6-4-7(6)9(12)13/h6-7H,4-5H2,1-3H3,(H,12,13)/t6-,7-/m1/s1. The zero-order valence-corrected chi connectivity index (χ0v) is 8.74. The fraction of sp³-hybridized carbons (Fsp3) is 0.800. The number of carboxylic acids is 1. The Morgan fingerprint density at radius 2 is 2.00 bits per heavy atom. The van der Waals surface area contributed by atoms with Gasteiger partial charge in [-0.1, -0.05) is 0 Å². The van der Waals surface area contributed by atoms with Crippen LogP contribution in [-0.4, -0.2) is 22.6 Å². The third-order valence-electron chi connectivity index (χ3n) is 2.09. The summed E-state index contributed by atoms with van der Waals surface area (Å²) in [6.45, 7) is 5.39. The highest BCUT2D eigenvalue weighted by atomic mass is 16.6. The minimum absolute atomic E-state index is 0.0117. The van der Waals surface area contributed by atoms with Crippen LogP contribution in [0.15, 0.2) is 0 Å². The smallest absolute Gasteiger partial charge is 0.306 e. The van der Waals surface area contributed by atoms with Crippen molar-refractivity contribution < 1.29 is 19.4 Å². The van der Waals surface area contributed by atoms with Gasteiger partial charge in [-0.25, -0.2) is 0 Å². The molecule has 4 nitrogen and oxygen atoms in total. The Morgan fingerprint density at radius 3 is 2.36 bits per heavy atom. The average Bonchev–Trinajstić information content (AvgIpc) is 2.61. The molecule has 0 heterocycles. The van der Waals surface area contributed by atoms with Gasteiger partial charge in [0.2, 0.25) is 0 Å². The summed E-state index contributed by atoms with van der Waals surface area (Å²) in [4.78, 5) is 21.7. The van der Waals surface area contributed by atoms with Gasteiger partial charge in [0.05, 0.1) is 5.92 Å².